The molecule has 0 aliphatic rings. The van der Waals surface area contributed by atoms with Gasteiger partial charge in [0.1, 0.15) is 5.75 Å². The first-order chi connectivity index (χ1) is 11.4. The number of carbonyl (C=O) groups is 1. The van der Waals surface area contributed by atoms with Crippen LogP contribution >= 0.6 is 45.8 Å². The normalized spacial score (nSPS) is 11.0. The minimum Gasteiger partial charge on any atom is -0.481 e. The van der Waals surface area contributed by atoms with Crippen LogP contribution in [0.25, 0.3) is 11.6 Å². The highest BCUT2D eigenvalue weighted by molar-refractivity contribution is 14.1. The van der Waals surface area contributed by atoms with Crippen molar-refractivity contribution in [3.05, 3.63) is 61.1 Å². The SMILES string of the molecule is N#CC(=Cc1ccc(OCC(=O)O)c(I)c1)c1ccc(Cl)c(Cl)c1. The van der Waals surface area contributed by atoms with Crippen LogP contribution < -0.4 is 4.74 Å². The molecule has 2 aromatic carbocycles. The quantitative estimate of drug-likeness (QED) is 0.371. The molecule has 0 saturated heterocycles. The molecule has 122 valence electrons. The van der Waals surface area contributed by atoms with E-state index in [1.54, 1.807) is 42.5 Å². The van der Waals surface area contributed by atoms with Gasteiger partial charge in [-0.25, -0.2) is 4.79 Å². The number of hydrogen-bond donors (Lipinski definition) is 1. The van der Waals surface area contributed by atoms with E-state index in [2.05, 4.69) is 6.07 Å². The second-order valence-electron chi connectivity index (χ2n) is 4.67. The van der Waals surface area contributed by atoms with Crippen LogP contribution in [0.3, 0.4) is 0 Å². The summed E-state index contributed by atoms with van der Waals surface area (Å²) in [6.45, 7) is -0.405. The van der Waals surface area contributed by atoms with Crippen LogP contribution in [0.1, 0.15) is 11.1 Å². The summed E-state index contributed by atoms with van der Waals surface area (Å²) in [6.07, 6.45) is 1.71. The van der Waals surface area contributed by atoms with Gasteiger partial charge in [0.15, 0.2) is 6.61 Å². The number of nitrogens with zero attached hydrogens (tertiary/aromatic N) is 1. The van der Waals surface area contributed by atoms with Crippen LogP contribution in [0.4, 0.5) is 0 Å². The molecular weight excluding hydrogens is 464 g/mol. The smallest absolute Gasteiger partial charge is 0.341 e. The molecule has 24 heavy (non-hydrogen) atoms. The van der Waals surface area contributed by atoms with Crippen LogP contribution in [0.2, 0.25) is 10.0 Å². The van der Waals surface area contributed by atoms with Crippen molar-refractivity contribution in [2.75, 3.05) is 6.61 Å². The highest BCUT2D eigenvalue weighted by atomic mass is 127. The molecule has 0 radical (unpaired) electrons. The molecular formula is C17H10Cl2INO3. The Balaban J connectivity index is 2.31. The lowest BCUT2D eigenvalue weighted by Crippen LogP contribution is -2.10. The number of hydrogen-bond acceptors (Lipinski definition) is 3. The lowest BCUT2D eigenvalue weighted by molar-refractivity contribution is -0.139. The molecule has 4 nitrogen and oxygen atoms in total. The van der Waals surface area contributed by atoms with Crippen molar-refractivity contribution in [2.45, 2.75) is 0 Å². The number of carboxylic acids is 1. The van der Waals surface area contributed by atoms with Crippen molar-refractivity contribution in [1.82, 2.24) is 0 Å². The van der Waals surface area contributed by atoms with Crippen molar-refractivity contribution in [2.24, 2.45) is 0 Å². The monoisotopic (exact) mass is 473 g/mol. The molecule has 0 amide bonds. The minimum absolute atomic E-state index is 0.377. The predicted molar refractivity (Wildman–Crippen MR) is 102 cm³/mol. The molecule has 0 heterocycles. The first-order valence-electron chi connectivity index (χ1n) is 6.62. The van der Waals surface area contributed by atoms with Gasteiger partial charge in [-0.05, 0) is 64.1 Å². The third kappa shape index (κ3) is 4.87. The standard InChI is InChI=1S/C17H10Cl2INO3/c18-13-3-2-11(7-14(13)19)12(8-21)5-10-1-4-16(15(20)6-10)24-9-17(22)23/h1-7H,9H2,(H,22,23). The van der Waals surface area contributed by atoms with Crippen LogP contribution in [0.15, 0.2) is 36.4 Å². The number of aliphatic carboxylic acids is 1. The molecule has 0 saturated carbocycles. The number of rotatable bonds is 5. The zero-order chi connectivity index (χ0) is 17.7. The summed E-state index contributed by atoms with van der Waals surface area (Å²) in [5, 5.41) is 18.8. The van der Waals surface area contributed by atoms with E-state index in [9.17, 15) is 10.1 Å². The van der Waals surface area contributed by atoms with E-state index >= 15 is 0 Å². The Morgan fingerprint density at radius 2 is 2.00 bits per heavy atom. The Morgan fingerprint density at radius 3 is 2.58 bits per heavy atom. The summed E-state index contributed by atoms with van der Waals surface area (Å²) in [5.74, 6) is -0.565. The van der Waals surface area contributed by atoms with Gasteiger partial charge in [-0.3, -0.25) is 0 Å². The van der Waals surface area contributed by atoms with Gasteiger partial charge >= 0.3 is 5.97 Å². The van der Waals surface area contributed by atoms with Gasteiger partial charge in [-0.2, -0.15) is 5.26 Å². The van der Waals surface area contributed by atoms with Crippen LogP contribution in [0.5, 0.6) is 5.75 Å². The maximum absolute atomic E-state index is 10.6. The average Bonchev–Trinajstić information content (AvgIpc) is 2.54. The van der Waals surface area contributed by atoms with E-state index in [-0.39, 0.29) is 0 Å². The van der Waals surface area contributed by atoms with E-state index < -0.39 is 12.6 Å². The Morgan fingerprint density at radius 1 is 1.25 bits per heavy atom. The molecule has 0 spiro atoms. The largest absolute Gasteiger partial charge is 0.481 e. The molecule has 2 rings (SSSR count). The second-order valence-corrected chi connectivity index (χ2v) is 6.65. The van der Waals surface area contributed by atoms with Gasteiger partial charge in [0.05, 0.1) is 25.3 Å². The fourth-order valence-electron chi connectivity index (χ4n) is 1.87. The number of nitriles is 1. The topological polar surface area (TPSA) is 70.3 Å². The zero-order valence-corrected chi connectivity index (χ0v) is 15.8. The van der Waals surface area contributed by atoms with Gasteiger partial charge in [0.2, 0.25) is 0 Å². The Kier molecular flexibility index (Phi) is 6.49. The van der Waals surface area contributed by atoms with Gasteiger partial charge < -0.3 is 9.84 Å². The Bertz CT molecular complexity index is 859. The number of allylic oxidation sites excluding steroid dienone is 1. The summed E-state index contributed by atoms with van der Waals surface area (Å²) < 4.78 is 5.92. The van der Waals surface area contributed by atoms with Gasteiger partial charge in [0, 0.05) is 0 Å². The number of ether oxygens (including phenoxy) is 1. The molecule has 1 N–H and O–H groups in total. The molecule has 0 aliphatic heterocycles. The van der Waals surface area contributed by atoms with Crippen molar-refractivity contribution < 1.29 is 14.6 Å². The van der Waals surface area contributed by atoms with E-state index in [1.807, 2.05) is 22.6 Å². The molecule has 0 aromatic heterocycles. The summed E-state index contributed by atoms with van der Waals surface area (Å²) >= 11 is 13.9. The molecule has 0 atom stereocenters. The van der Waals surface area contributed by atoms with E-state index in [4.69, 9.17) is 33.0 Å². The van der Waals surface area contributed by atoms with Crippen molar-refractivity contribution in [1.29, 1.82) is 5.26 Å². The zero-order valence-electron chi connectivity index (χ0n) is 12.1. The third-order valence-electron chi connectivity index (χ3n) is 2.97. The van der Waals surface area contributed by atoms with Crippen molar-refractivity contribution in [3.8, 4) is 11.8 Å². The maximum Gasteiger partial charge on any atom is 0.341 e. The molecule has 2 aromatic rings. The van der Waals surface area contributed by atoms with Gasteiger partial charge in [-0.1, -0.05) is 35.3 Å². The van der Waals surface area contributed by atoms with Crippen LogP contribution in [-0.4, -0.2) is 17.7 Å². The van der Waals surface area contributed by atoms with Crippen LogP contribution in [-0.2, 0) is 4.79 Å². The van der Waals surface area contributed by atoms with Crippen molar-refractivity contribution >= 4 is 63.4 Å². The highest BCUT2D eigenvalue weighted by Crippen LogP contribution is 2.28. The molecule has 0 unspecified atom stereocenters. The number of benzene rings is 2. The van der Waals surface area contributed by atoms with E-state index in [1.165, 1.54) is 0 Å². The number of halogens is 3. The fraction of sp³-hybridized carbons (Fsp3) is 0.0588. The fourth-order valence-corrected chi connectivity index (χ4v) is 2.87. The van der Waals surface area contributed by atoms with Gasteiger partial charge in [-0.15, -0.1) is 0 Å². The first-order valence-corrected chi connectivity index (χ1v) is 8.45. The molecule has 0 aliphatic carbocycles. The highest BCUT2D eigenvalue weighted by Gasteiger charge is 2.07. The summed E-state index contributed by atoms with van der Waals surface area (Å²) in [6, 6.07) is 12.3. The molecule has 0 bridgehead atoms. The predicted octanol–water partition coefficient (Wildman–Crippen LogP) is 5.13. The molecule has 0 fully saturated rings. The van der Waals surface area contributed by atoms with E-state index in [0.29, 0.717) is 26.9 Å². The minimum atomic E-state index is -1.04. The second kappa shape index (κ2) is 8.38. The third-order valence-corrected chi connectivity index (χ3v) is 4.55. The van der Waals surface area contributed by atoms with Crippen LogP contribution in [0, 0.1) is 14.9 Å². The lowest BCUT2D eigenvalue weighted by atomic mass is 10.0. The summed E-state index contributed by atoms with van der Waals surface area (Å²) in [7, 11) is 0. The first kappa shape index (κ1) is 18.6. The summed E-state index contributed by atoms with van der Waals surface area (Å²) in [5.41, 5.74) is 1.88. The van der Waals surface area contributed by atoms with Crippen molar-refractivity contribution in [3.63, 3.8) is 0 Å². The average molecular weight is 474 g/mol. The Hall–Kier alpha value is -1.75. The number of carboxylic acid groups (broad SMARTS) is 1. The lowest BCUT2D eigenvalue weighted by Gasteiger charge is -2.07. The summed E-state index contributed by atoms with van der Waals surface area (Å²) in [4.78, 5) is 10.6. The van der Waals surface area contributed by atoms with Gasteiger partial charge in [0.25, 0.3) is 0 Å². The van der Waals surface area contributed by atoms with E-state index in [0.717, 1.165) is 9.13 Å². The maximum atomic E-state index is 10.6. The molecule has 7 heteroatoms. The Labute approximate surface area is 162 Å².